The van der Waals surface area contributed by atoms with Crippen LogP contribution in [0.15, 0.2) is 40.8 Å². The average Bonchev–Trinajstić information content (AvgIpc) is 2.69. The maximum Gasteiger partial charge on any atom is 0.400 e. The Bertz CT molecular complexity index is 499. The van der Waals surface area contributed by atoms with E-state index in [-0.39, 0.29) is 21.2 Å². The first-order valence-corrected chi connectivity index (χ1v) is 11.5. The third-order valence-corrected chi connectivity index (χ3v) is 6.77. The number of halogens is 2. The van der Waals surface area contributed by atoms with Crippen molar-refractivity contribution in [3.63, 3.8) is 0 Å². The minimum absolute atomic E-state index is 0.215. The first kappa shape index (κ1) is 13.2. The molecule has 0 unspecified atom stereocenters. The molecule has 0 atom stereocenters. The summed E-state index contributed by atoms with van der Waals surface area (Å²) in [5.74, 6) is 0. The fraction of sp³-hybridized carbons (Fsp3) is 0.231. The molecule has 2 rings (SSSR count). The molecule has 0 bridgehead atoms. The third kappa shape index (κ3) is 3.60. The summed E-state index contributed by atoms with van der Waals surface area (Å²) in [5, 5.41) is 1.99. The van der Waals surface area contributed by atoms with Crippen molar-refractivity contribution in [2.75, 3.05) is 0 Å². The molecule has 1 nitrogen and oxygen atoms in total. The minimum atomic E-state index is -1.31. The van der Waals surface area contributed by atoms with Crippen LogP contribution in [0.3, 0.4) is 0 Å². The first-order chi connectivity index (χ1) is 7.95. The van der Waals surface area contributed by atoms with Crippen LogP contribution in [0.5, 0.6) is 0 Å². The summed E-state index contributed by atoms with van der Waals surface area (Å²) in [6.45, 7) is 6.91. The fourth-order valence-electron chi connectivity index (χ4n) is 1.37. The normalized spacial score (nSPS) is 11.8. The van der Waals surface area contributed by atoms with Crippen molar-refractivity contribution in [3.8, 4) is 0 Å². The molecule has 1 aromatic carbocycles. The standard InChI is InChI=1S/C13H15ClIOSi/c1-17(2,3)13-9-8-12(16-13)15-11-6-4-10(14)5-7-11/h4-9H,1-3H3/q+1. The highest BCUT2D eigenvalue weighted by Gasteiger charge is 2.26. The smallest absolute Gasteiger partial charge is 0.400 e. The molecule has 0 aliphatic carbocycles. The summed E-state index contributed by atoms with van der Waals surface area (Å²) in [5.41, 5.74) is 0. The number of rotatable bonds is 3. The summed E-state index contributed by atoms with van der Waals surface area (Å²) >= 11 is 5.66. The molecule has 0 saturated heterocycles. The van der Waals surface area contributed by atoms with Gasteiger partial charge in [-0.3, -0.25) is 0 Å². The van der Waals surface area contributed by atoms with Crippen molar-refractivity contribution < 1.29 is 25.6 Å². The second-order valence-corrected chi connectivity index (χ2v) is 13.2. The van der Waals surface area contributed by atoms with E-state index in [1.54, 1.807) is 0 Å². The van der Waals surface area contributed by atoms with Crippen LogP contribution >= 0.6 is 11.6 Å². The molecule has 1 aromatic heterocycles. The van der Waals surface area contributed by atoms with Crippen molar-refractivity contribution in [1.82, 2.24) is 0 Å². The Morgan fingerprint density at radius 3 is 2.18 bits per heavy atom. The highest BCUT2D eigenvalue weighted by Crippen LogP contribution is 2.04. The SMILES string of the molecule is C[Si](C)(C)c1ccc([I+]c2ccc(Cl)cc2)o1. The number of hydrogen-bond donors (Lipinski definition) is 0. The summed E-state index contributed by atoms with van der Waals surface area (Å²) in [6.07, 6.45) is 0. The van der Waals surface area contributed by atoms with E-state index in [4.69, 9.17) is 16.0 Å². The van der Waals surface area contributed by atoms with Gasteiger partial charge in [0.05, 0.1) is 5.38 Å². The summed E-state index contributed by atoms with van der Waals surface area (Å²) in [4.78, 5) is 0. The van der Waals surface area contributed by atoms with Crippen molar-refractivity contribution in [2.45, 2.75) is 19.6 Å². The van der Waals surface area contributed by atoms with Gasteiger partial charge in [0.15, 0.2) is 3.57 Å². The topological polar surface area (TPSA) is 13.1 Å². The predicted octanol–water partition coefficient (Wildman–Crippen LogP) is 0.607. The lowest BCUT2D eigenvalue weighted by atomic mass is 10.4. The lowest BCUT2D eigenvalue weighted by molar-refractivity contribution is -0.617. The molecule has 17 heavy (non-hydrogen) atoms. The minimum Gasteiger partial charge on any atom is -0.429 e. The van der Waals surface area contributed by atoms with Crippen LogP contribution in [-0.4, -0.2) is 8.07 Å². The van der Waals surface area contributed by atoms with Gasteiger partial charge in [-0.25, -0.2) is 0 Å². The van der Waals surface area contributed by atoms with Gasteiger partial charge in [-0.1, -0.05) is 31.2 Å². The average molecular weight is 378 g/mol. The van der Waals surface area contributed by atoms with Crippen molar-refractivity contribution in [1.29, 1.82) is 0 Å². The largest absolute Gasteiger partial charge is 0.429 e. The van der Waals surface area contributed by atoms with E-state index in [9.17, 15) is 0 Å². The molecular formula is C13H15ClIOSi+. The van der Waals surface area contributed by atoms with E-state index in [1.807, 2.05) is 12.1 Å². The monoisotopic (exact) mass is 377 g/mol. The first-order valence-electron chi connectivity index (χ1n) is 5.46. The Kier molecular flexibility index (Phi) is 4.00. The molecule has 0 aliphatic rings. The van der Waals surface area contributed by atoms with Crippen LogP contribution < -0.4 is 26.6 Å². The molecule has 0 amide bonds. The van der Waals surface area contributed by atoms with Gasteiger partial charge in [0.25, 0.3) is 0 Å². The third-order valence-electron chi connectivity index (χ3n) is 2.32. The fourth-order valence-corrected chi connectivity index (χ4v) is 4.74. The van der Waals surface area contributed by atoms with Crippen LogP contribution in [0.25, 0.3) is 0 Å². The maximum absolute atomic E-state index is 5.96. The highest BCUT2D eigenvalue weighted by atomic mass is 127. The van der Waals surface area contributed by atoms with Gasteiger partial charge in [-0.2, -0.15) is 0 Å². The van der Waals surface area contributed by atoms with Crippen LogP contribution in [0.1, 0.15) is 0 Å². The Morgan fingerprint density at radius 2 is 1.65 bits per heavy atom. The molecule has 90 valence electrons. The van der Waals surface area contributed by atoms with Crippen LogP contribution in [0.2, 0.25) is 24.7 Å². The van der Waals surface area contributed by atoms with Gasteiger partial charge in [0.1, 0.15) is 8.07 Å². The van der Waals surface area contributed by atoms with E-state index < -0.39 is 8.07 Å². The Hall–Kier alpha value is -0.263. The number of benzene rings is 1. The zero-order valence-electron chi connectivity index (χ0n) is 10.1. The quantitative estimate of drug-likeness (QED) is 0.564. The van der Waals surface area contributed by atoms with Gasteiger partial charge in [-0.05, 0) is 30.3 Å². The van der Waals surface area contributed by atoms with E-state index in [0.717, 1.165) is 8.79 Å². The van der Waals surface area contributed by atoms with Crippen LogP contribution in [0.4, 0.5) is 0 Å². The molecule has 0 spiro atoms. The molecule has 0 radical (unpaired) electrons. The lowest BCUT2D eigenvalue weighted by Crippen LogP contribution is -3.61. The molecule has 2 aromatic rings. The van der Waals surface area contributed by atoms with Crippen molar-refractivity contribution >= 4 is 25.1 Å². The van der Waals surface area contributed by atoms with Crippen molar-refractivity contribution in [2.24, 2.45) is 0 Å². The maximum atomic E-state index is 5.96. The Labute approximate surface area is 118 Å². The molecular weight excluding hydrogens is 363 g/mol. The summed E-state index contributed by atoms with van der Waals surface area (Å²) in [6, 6.07) is 12.4. The van der Waals surface area contributed by atoms with Crippen LogP contribution in [-0.2, 0) is 0 Å². The zero-order valence-corrected chi connectivity index (χ0v) is 14.0. The van der Waals surface area contributed by atoms with Gasteiger partial charge in [-0.15, -0.1) is 0 Å². The second-order valence-electron chi connectivity index (χ2n) is 4.88. The van der Waals surface area contributed by atoms with E-state index in [2.05, 4.69) is 43.9 Å². The number of furan rings is 1. The van der Waals surface area contributed by atoms with Crippen molar-refractivity contribution in [3.05, 3.63) is 48.8 Å². The molecule has 0 saturated carbocycles. The molecule has 4 heteroatoms. The summed E-state index contributed by atoms with van der Waals surface area (Å²) in [7, 11) is -1.31. The number of hydrogen-bond acceptors (Lipinski definition) is 1. The van der Waals surface area contributed by atoms with Crippen LogP contribution in [0, 0.1) is 7.34 Å². The van der Waals surface area contributed by atoms with E-state index in [1.165, 1.54) is 8.95 Å². The van der Waals surface area contributed by atoms with E-state index in [0.29, 0.717) is 0 Å². The molecule has 0 N–H and O–H groups in total. The molecule has 0 aliphatic heterocycles. The predicted molar refractivity (Wildman–Crippen MR) is 70.5 cm³/mol. The zero-order chi connectivity index (χ0) is 12.5. The lowest BCUT2D eigenvalue weighted by Gasteiger charge is -2.09. The van der Waals surface area contributed by atoms with Gasteiger partial charge >= 0.3 is 25.0 Å². The van der Waals surface area contributed by atoms with Gasteiger partial charge in [0, 0.05) is 11.1 Å². The van der Waals surface area contributed by atoms with E-state index >= 15 is 0 Å². The van der Waals surface area contributed by atoms with Gasteiger partial charge in [0.2, 0.25) is 0 Å². The Balaban J connectivity index is 2.14. The Morgan fingerprint density at radius 1 is 1.00 bits per heavy atom. The molecule has 0 fully saturated rings. The second kappa shape index (κ2) is 5.16. The molecule has 1 heterocycles. The van der Waals surface area contributed by atoms with Gasteiger partial charge < -0.3 is 4.42 Å². The highest BCUT2D eigenvalue weighted by molar-refractivity contribution is 6.87. The summed E-state index contributed by atoms with van der Waals surface area (Å²) < 4.78 is 8.44.